The predicted octanol–water partition coefficient (Wildman–Crippen LogP) is 0.690. The van der Waals surface area contributed by atoms with E-state index in [4.69, 9.17) is 10.5 Å². The van der Waals surface area contributed by atoms with Crippen molar-refractivity contribution in [3.8, 4) is 5.75 Å². The molecule has 1 heterocycles. The first kappa shape index (κ1) is 9.31. The highest BCUT2D eigenvalue weighted by atomic mass is 16.6. The Morgan fingerprint density at radius 2 is 2.31 bits per heavy atom. The van der Waals surface area contributed by atoms with Gasteiger partial charge in [0.2, 0.25) is 0 Å². The fraction of sp³-hybridized carbons (Fsp3) is 0.250. The Balaban J connectivity index is 2.83. The van der Waals surface area contributed by atoms with Crippen LogP contribution in [0.4, 0.5) is 10.6 Å². The van der Waals surface area contributed by atoms with Crippen LogP contribution in [-0.2, 0) is 0 Å². The molecule has 0 fully saturated rings. The number of nitrogen functional groups attached to an aromatic ring is 1. The van der Waals surface area contributed by atoms with E-state index in [1.165, 1.54) is 7.05 Å². The van der Waals surface area contributed by atoms with Crippen molar-refractivity contribution < 1.29 is 9.53 Å². The number of nitrogens with one attached hydrogen (secondary N) is 1. The smallest absolute Gasteiger partial charge is 0.408 e. The average molecular weight is 181 g/mol. The number of aromatic nitrogens is 1. The van der Waals surface area contributed by atoms with Gasteiger partial charge < -0.3 is 15.8 Å². The zero-order valence-electron chi connectivity index (χ0n) is 7.50. The molecule has 0 spiro atoms. The normalized spacial score (nSPS) is 9.38. The summed E-state index contributed by atoms with van der Waals surface area (Å²) in [5, 5.41) is 2.34. The third-order valence-electron chi connectivity index (χ3n) is 1.47. The van der Waals surface area contributed by atoms with E-state index in [0.29, 0.717) is 17.3 Å². The maximum atomic E-state index is 10.8. The number of pyridine rings is 1. The summed E-state index contributed by atoms with van der Waals surface area (Å²) in [4.78, 5) is 14.8. The Morgan fingerprint density at radius 1 is 1.62 bits per heavy atom. The third kappa shape index (κ3) is 2.33. The number of carbonyl (C=O) groups is 1. The van der Waals surface area contributed by atoms with Crippen molar-refractivity contribution in [3.63, 3.8) is 0 Å². The second kappa shape index (κ2) is 3.75. The number of aryl methyl sites for hydroxylation is 1. The molecule has 3 N–H and O–H groups in total. The van der Waals surface area contributed by atoms with Gasteiger partial charge in [-0.3, -0.25) is 0 Å². The summed E-state index contributed by atoms with van der Waals surface area (Å²) in [7, 11) is 1.49. The number of hydrogen-bond acceptors (Lipinski definition) is 4. The Labute approximate surface area is 75.9 Å². The minimum atomic E-state index is -0.519. The van der Waals surface area contributed by atoms with E-state index in [0.717, 1.165) is 0 Å². The van der Waals surface area contributed by atoms with Gasteiger partial charge in [-0.15, -0.1) is 0 Å². The molecule has 0 aliphatic heterocycles. The molecule has 0 unspecified atom stereocenters. The molecule has 70 valence electrons. The van der Waals surface area contributed by atoms with Gasteiger partial charge in [-0.1, -0.05) is 0 Å². The van der Waals surface area contributed by atoms with Gasteiger partial charge in [0, 0.05) is 7.05 Å². The summed E-state index contributed by atoms with van der Waals surface area (Å²) >= 11 is 0. The number of amides is 1. The van der Waals surface area contributed by atoms with Crippen LogP contribution in [0, 0.1) is 6.92 Å². The topological polar surface area (TPSA) is 77.2 Å². The highest BCUT2D eigenvalue weighted by molar-refractivity contribution is 5.70. The van der Waals surface area contributed by atoms with Crippen LogP contribution >= 0.6 is 0 Å². The number of rotatable bonds is 1. The largest absolute Gasteiger partial charge is 0.412 e. The molecule has 0 saturated carbocycles. The Morgan fingerprint density at radius 3 is 2.85 bits per heavy atom. The number of nitrogens with zero attached hydrogens (tertiary/aromatic N) is 1. The molecule has 0 aliphatic carbocycles. The van der Waals surface area contributed by atoms with E-state index in [-0.39, 0.29) is 0 Å². The zero-order chi connectivity index (χ0) is 9.84. The summed E-state index contributed by atoms with van der Waals surface area (Å²) < 4.78 is 4.88. The van der Waals surface area contributed by atoms with Gasteiger partial charge in [0.05, 0.1) is 5.69 Å². The first-order valence-corrected chi connectivity index (χ1v) is 3.76. The SMILES string of the molecule is CNC(=O)Oc1ccc(N)nc1C. The van der Waals surface area contributed by atoms with Gasteiger partial charge in [-0.25, -0.2) is 9.78 Å². The van der Waals surface area contributed by atoms with Gasteiger partial charge in [0.15, 0.2) is 5.75 Å². The Hall–Kier alpha value is -1.78. The van der Waals surface area contributed by atoms with Gasteiger partial charge in [-0.05, 0) is 19.1 Å². The number of hydrogen-bond donors (Lipinski definition) is 2. The van der Waals surface area contributed by atoms with Crippen molar-refractivity contribution in [1.29, 1.82) is 0 Å². The fourth-order valence-corrected chi connectivity index (χ4v) is 0.826. The molecule has 5 heteroatoms. The highest BCUT2D eigenvalue weighted by Gasteiger charge is 2.05. The summed E-state index contributed by atoms with van der Waals surface area (Å²) in [5.74, 6) is 0.815. The number of nitrogens with two attached hydrogens (primary N) is 1. The second-order valence-corrected chi connectivity index (χ2v) is 2.46. The van der Waals surface area contributed by atoms with Crippen LogP contribution in [0.1, 0.15) is 5.69 Å². The molecule has 1 aromatic rings. The molecular formula is C8H11N3O2. The van der Waals surface area contributed by atoms with Crippen molar-refractivity contribution >= 4 is 11.9 Å². The molecule has 1 aromatic heterocycles. The minimum absolute atomic E-state index is 0.404. The van der Waals surface area contributed by atoms with Gasteiger partial charge >= 0.3 is 6.09 Å². The standard InChI is InChI=1S/C8H11N3O2/c1-5-6(13-8(12)10-2)3-4-7(9)11-5/h3-4H,1-2H3,(H2,9,11)(H,10,12). The molecule has 1 rings (SSSR count). The lowest BCUT2D eigenvalue weighted by atomic mass is 10.3. The van der Waals surface area contributed by atoms with Crippen LogP contribution in [0.25, 0.3) is 0 Å². The summed E-state index contributed by atoms with van der Waals surface area (Å²) in [6, 6.07) is 3.18. The van der Waals surface area contributed by atoms with Gasteiger partial charge in [0.1, 0.15) is 5.82 Å². The average Bonchev–Trinajstić information content (AvgIpc) is 2.09. The van der Waals surface area contributed by atoms with Gasteiger partial charge in [0.25, 0.3) is 0 Å². The number of carbonyl (C=O) groups excluding carboxylic acids is 1. The third-order valence-corrected chi connectivity index (χ3v) is 1.47. The molecule has 0 saturated heterocycles. The van der Waals surface area contributed by atoms with Crippen LogP contribution in [-0.4, -0.2) is 18.1 Å². The molecule has 0 aromatic carbocycles. The first-order chi connectivity index (χ1) is 6.13. The van der Waals surface area contributed by atoms with Crippen molar-refractivity contribution in [2.75, 3.05) is 12.8 Å². The second-order valence-electron chi connectivity index (χ2n) is 2.46. The lowest BCUT2D eigenvalue weighted by Gasteiger charge is -2.05. The molecule has 5 nitrogen and oxygen atoms in total. The maximum absolute atomic E-state index is 10.8. The lowest BCUT2D eigenvalue weighted by Crippen LogP contribution is -2.22. The van der Waals surface area contributed by atoms with E-state index in [2.05, 4.69) is 10.3 Å². The molecule has 13 heavy (non-hydrogen) atoms. The highest BCUT2D eigenvalue weighted by Crippen LogP contribution is 2.16. The van der Waals surface area contributed by atoms with Crippen molar-refractivity contribution in [3.05, 3.63) is 17.8 Å². The summed E-state index contributed by atoms with van der Waals surface area (Å²) in [6.07, 6.45) is -0.519. The van der Waals surface area contributed by atoms with E-state index >= 15 is 0 Å². The van der Waals surface area contributed by atoms with E-state index in [1.807, 2.05) is 0 Å². The first-order valence-electron chi connectivity index (χ1n) is 3.76. The molecule has 0 aliphatic rings. The van der Waals surface area contributed by atoms with Crippen molar-refractivity contribution in [1.82, 2.24) is 10.3 Å². The minimum Gasteiger partial charge on any atom is -0.408 e. The van der Waals surface area contributed by atoms with Crippen LogP contribution in [0.15, 0.2) is 12.1 Å². The molecular weight excluding hydrogens is 170 g/mol. The molecule has 0 bridgehead atoms. The van der Waals surface area contributed by atoms with Crippen molar-refractivity contribution in [2.24, 2.45) is 0 Å². The van der Waals surface area contributed by atoms with E-state index in [9.17, 15) is 4.79 Å². The van der Waals surface area contributed by atoms with Crippen LogP contribution in [0.5, 0.6) is 5.75 Å². The van der Waals surface area contributed by atoms with Crippen molar-refractivity contribution in [2.45, 2.75) is 6.92 Å². The predicted molar refractivity (Wildman–Crippen MR) is 48.5 cm³/mol. The zero-order valence-corrected chi connectivity index (χ0v) is 7.50. The molecule has 1 amide bonds. The lowest BCUT2D eigenvalue weighted by molar-refractivity contribution is 0.202. The Bertz CT molecular complexity index is 325. The van der Waals surface area contributed by atoms with Crippen LogP contribution in [0.3, 0.4) is 0 Å². The monoisotopic (exact) mass is 181 g/mol. The van der Waals surface area contributed by atoms with E-state index in [1.54, 1.807) is 19.1 Å². The number of anilines is 1. The molecule has 0 radical (unpaired) electrons. The Kier molecular flexibility index (Phi) is 2.69. The van der Waals surface area contributed by atoms with Crippen LogP contribution < -0.4 is 15.8 Å². The summed E-state index contributed by atoms with van der Waals surface area (Å²) in [5.41, 5.74) is 6.01. The van der Waals surface area contributed by atoms with Gasteiger partial charge in [-0.2, -0.15) is 0 Å². The maximum Gasteiger partial charge on any atom is 0.412 e. The summed E-state index contributed by atoms with van der Waals surface area (Å²) in [6.45, 7) is 1.72. The molecule has 0 atom stereocenters. The quantitative estimate of drug-likeness (QED) is 0.668. The fourth-order valence-electron chi connectivity index (χ4n) is 0.826. The van der Waals surface area contributed by atoms with Crippen LogP contribution in [0.2, 0.25) is 0 Å². The van der Waals surface area contributed by atoms with E-state index < -0.39 is 6.09 Å². The number of ether oxygens (including phenoxy) is 1.